The average Bonchev–Trinajstić information content (AvgIpc) is 2.99. The number of hydrogen-bond acceptors (Lipinski definition) is 3. The van der Waals surface area contributed by atoms with Gasteiger partial charge in [-0.3, -0.25) is 9.48 Å². The van der Waals surface area contributed by atoms with Crippen molar-refractivity contribution in [2.24, 2.45) is 0 Å². The molecule has 0 unspecified atom stereocenters. The minimum absolute atomic E-state index is 0.173. The van der Waals surface area contributed by atoms with Gasteiger partial charge in [-0.25, -0.2) is 4.39 Å². The highest BCUT2D eigenvalue weighted by Crippen LogP contribution is 2.29. The van der Waals surface area contributed by atoms with Gasteiger partial charge in [-0.15, -0.1) is 0 Å². The zero-order valence-electron chi connectivity index (χ0n) is 13.7. The molecule has 132 valence electrons. The fourth-order valence-electron chi connectivity index (χ4n) is 2.91. The van der Waals surface area contributed by atoms with Crippen LogP contribution in [0.15, 0.2) is 54.6 Å². The first kappa shape index (κ1) is 16.6. The van der Waals surface area contributed by atoms with Gasteiger partial charge >= 0.3 is 0 Å². The van der Waals surface area contributed by atoms with Gasteiger partial charge in [-0.1, -0.05) is 29.8 Å². The van der Waals surface area contributed by atoms with Crippen molar-refractivity contribution in [1.29, 1.82) is 0 Å². The van der Waals surface area contributed by atoms with E-state index in [2.05, 4.69) is 5.10 Å². The van der Waals surface area contributed by atoms with Crippen LogP contribution in [0, 0.1) is 5.82 Å². The van der Waals surface area contributed by atoms with E-state index in [9.17, 15) is 9.18 Å². The summed E-state index contributed by atoms with van der Waals surface area (Å²) in [6.45, 7) is 1.12. The monoisotopic (exact) mass is 371 g/mol. The van der Waals surface area contributed by atoms with Crippen molar-refractivity contribution >= 4 is 23.2 Å². The average molecular weight is 372 g/mol. The Kier molecular flexibility index (Phi) is 4.34. The second-order valence-electron chi connectivity index (χ2n) is 5.87. The highest BCUT2D eigenvalue weighted by atomic mass is 35.5. The Morgan fingerprint density at radius 1 is 1.08 bits per heavy atom. The molecule has 0 saturated carbocycles. The number of rotatable bonds is 4. The van der Waals surface area contributed by atoms with Crippen LogP contribution in [0.5, 0.6) is 5.75 Å². The smallest absolute Gasteiger partial charge is 0.278 e. The molecule has 0 spiro atoms. The molecular weight excluding hydrogens is 357 g/mol. The van der Waals surface area contributed by atoms with Gasteiger partial charge in [-0.05, 0) is 36.4 Å². The van der Waals surface area contributed by atoms with Crippen molar-refractivity contribution in [3.8, 4) is 5.75 Å². The summed E-state index contributed by atoms with van der Waals surface area (Å²) in [5, 5.41) is 4.70. The molecule has 0 N–H and O–H groups in total. The minimum Gasteiger partial charge on any atom is -0.487 e. The molecule has 26 heavy (non-hydrogen) atoms. The van der Waals surface area contributed by atoms with Gasteiger partial charge < -0.3 is 9.64 Å². The maximum Gasteiger partial charge on any atom is 0.278 e. The Labute approximate surface area is 154 Å². The van der Waals surface area contributed by atoms with Gasteiger partial charge in [0.05, 0.1) is 11.6 Å². The van der Waals surface area contributed by atoms with E-state index < -0.39 is 0 Å². The standard InChI is InChI=1S/C19H15ClFN3O2/c20-17-16(12-26-15-4-2-1-3-5-15)22-24-11-10-23(19(25)18(17)24)14-8-6-13(21)7-9-14/h1-9H,10-12H2. The minimum atomic E-state index is -0.346. The van der Waals surface area contributed by atoms with E-state index in [0.29, 0.717) is 35.9 Å². The molecule has 2 heterocycles. The first-order chi connectivity index (χ1) is 12.6. The van der Waals surface area contributed by atoms with Crippen molar-refractivity contribution in [3.05, 3.63) is 76.8 Å². The van der Waals surface area contributed by atoms with E-state index in [1.807, 2.05) is 30.3 Å². The number of para-hydroxylation sites is 1. The van der Waals surface area contributed by atoms with Gasteiger partial charge in [0.25, 0.3) is 5.91 Å². The van der Waals surface area contributed by atoms with Crippen LogP contribution in [0.3, 0.4) is 0 Å². The Hall–Kier alpha value is -2.86. The maximum absolute atomic E-state index is 13.1. The number of benzene rings is 2. The molecule has 0 radical (unpaired) electrons. The number of nitrogens with zero attached hydrogens (tertiary/aromatic N) is 3. The Balaban J connectivity index is 1.57. The Morgan fingerprint density at radius 2 is 1.81 bits per heavy atom. The molecule has 1 amide bonds. The van der Waals surface area contributed by atoms with Crippen LogP contribution in [-0.4, -0.2) is 22.2 Å². The molecule has 2 aromatic carbocycles. The van der Waals surface area contributed by atoms with Crippen LogP contribution in [0.4, 0.5) is 10.1 Å². The number of carbonyl (C=O) groups excluding carboxylic acids is 1. The molecule has 1 aromatic heterocycles. The Bertz CT molecular complexity index is 941. The van der Waals surface area contributed by atoms with Crippen molar-refractivity contribution < 1.29 is 13.9 Å². The summed E-state index contributed by atoms with van der Waals surface area (Å²) in [7, 11) is 0. The zero-order valence-corrected chi connectivity index (χ0v) is 14.5. The Morgan fingerprint density at radius 3 is 2.54 bits per heavy atom. The SMILES string of the molecule is O=C1c2c(Cl)c(COc3ccccc3)nn2CCN1c1ccc(F)cc1. The third-order valence-electron chi connectivity index (χ3n) is 4.20. The molecule has 4 rings (SSSR count). The van der Waals surface area contributed by atoms with Crippen LogP contribution in [0.2, 0.25) is 5.02 Å². The molecular formula is C19H15ClFN3O2. The number of fused-ring (bicyclic) bond motifs is 1. The number of ether oxygens (including phenoxy) is 1. The van der Waals surface area contributed by atoms with Gasteiger partial charge in [0.1, 0.15) is 29.6 Å². The van der Waals surface area contributed by atoms with Crippen molar-refractivity contribution in [2.75, 3.05) is 11.4 Å². The quantitative estimate of drug-likeness (QED) is 0.698. The summed E-state index contributed by atoms with van der Waals surface area (Å²) in [4.78, 5) is 14.4. The van der Waals surface area contributed by atoms with Crippen molar-refractivity contribution in [1.82, 2.24) is 9.78 Å². The number of aromatic nitrogens is 2. The predicted molar refractivity (Wildman–Crippen MR) is 96.1 cm³/mol. The molecule has 0 fully saturated rings. The van der Waals surface area contributed by atoms with Crippen LogP contribution in [0.25, 0.3) is 0 Å². The molecule has 5 nitrogen and oxygen atoms in total. The molecule has 0 atom stereocenters. The van der Waals surface area contributed by atoms with Gasteiger partial charge in [-0.2, -0.15) is 5.10 Å². The summed E-state index contributed by atoms with van der Waals surface area (Å²) >= 11 is 6.41. The maximum atomic E-state index is 13.1. The van der Waals surface area contributed by atoms with Gasteiger partial charge in [0.2, 0.25) is 0 Å². The fraction of sp³-hybridized carbons (Fsp3) is 0.158. The third-order valence-corrected chi connectivity index (χ3v) is 4.60. The zero-order chi connectivity index (χ0) is 18.1. The van der Waals surface area contributed by atoms with Gasteiger partial charge in [0.15, 0.2) is 0 Å². The second kappa shape index (κ2) is 6.80. The highest BCUT2D eigenvalue weighted by molar-refractivity contribution is 6.35. The molecule has 7 heteroatoms. The van der Waals surface area contributed by atoms with E-state index in [-0.39, 0.29) is 23.4 Å². The summed E-state index contributed by atoms with van der Waals surface area (Å²) in [5.41, 5.74) is 1.47. The first-order valence-electron chi connectivity index (χ1n) is 8.14. The second-order valence-corrected chi connectivity index (χ2v) is 6.25. The lowest BCUT2D eigenvalue weighted by Crippen LogP contribution is -2.40. The van der Waals surface area contributed by atoms with E-state index in [1.165, 1.54) is 12.1 Å². The van der Waals surface area contributed by atoms with E-state index >= 15 is 0 Å². The van der Waals surface area contributed by atoms with Gasteiger partial charge in [0, 0.05) is 12.2 Å². The topological polar surface area (TPSA) is 47.4 Å². The van der Waals surface area contributed by atoms with E-state index in [4.69, 9.17) is 16.3 Å². The first-order valence-corrected chi connectivity index (χ1v) is 8.52. The predicted octanol–water partition coefficient (Wildman–Crippen LogP) is 3.92. The lowest BCUT2D eigenvalue weighted by atomic mass is 10.2. The molecule has 1 aliphatic rings. The molecule has 0 saturated heterocycles. The normalized spacial score (nSPS) is 13.6. The van der Waals surface area contributed by atoms with Crippen molar-refractivity contribution in [3.63, 3.8) is 0 Å². The third kappa shape index (κ3) is 3.04. The van der Waals surface area contributed by atoms with Crippen LogP contribution < -0.4 is 9.64 Å². The lowest BCUT2D eigenvalue weighted by molar-refractivity contribution is 0.0962. The largest absolute Gasteiger partial charge is 0.487 e. The number of carbonyl (C=O) groups is 1. The van der Waals surface area contributed by atoms with E-state index in [1.54, 1.807) is 21.7 Å². The van der Waals surface area contributed by atoms with Crippen LogP contribution >= 0.6 is 11.6 Å². The van der Waals surface area contributed by atoms with Crippen molar-refractivity contribution in [2.45, 2.75) is 13.2 Å². The summed E-state index contributed by atoms with van der Waals surface area (Å²) in [6, 6.07) is 15.1. The highest BCUT2D eigenvalue weighted by Gasteiger charge is 2.31. The summed E-state index contributed by atoms with van der Waals surface area (Å²) < 4.78 is 20.4. The molecule has 1 aliphatic heterocycles. The van der Waals surface area contributed by atoms with E-state index in [0.717, 1.165) is 0 Å². The number of anilines is 1. The number of amides is 1. The molecule has 0 bridgehead atoms. The molecule has 3 aromatic rings. The number of hydrogen-bond donors (Lipinski definition) is 0. The number of halogens is 2. The summed E-state index contributed by atoms with van der Waals surface area (Å²) in [5.74, 6) is 0.0988. The molecule has 0 aliphatic carbocycles. The van der Waals surface area contributed by atoms with Crippen LogP contribution in [-0.2, 0) is 13.2 Å². The lowest BCUT2D eigenvalue weighted by Gasteiger charge is -2.27. The van der Waals surface area contributed by atoms with Crippen LogP contribution in [0.1, 0.15) is 16.2 Å². The fourth-order valence-corrected chi connectivity index (χ4v) is 3.18. The summed E-state index contributed by atoms with van der Waals surface area (Å²) in [6.07, 6.45) is 0.